The van der Waals surface area contributed by atoms with Crippen molar-refractivity contribution in [2.45, 2.75) is 26.3 Å². The maximum atomic E-state index is 5.43. The summed E-state index contributed by atoms with van der Waals surface area (Å²) in [6.45, 7) is 4.90. The summed E-state index contributed by atoms with van der Waals surface area (Å²) in [7, 11) is 1.84. The molecule has 1 aromatic heterocycles. The second kappa shape index (κ2) is 5.64. The second-order valence-electron chi connectivity index (χ2n) is 4.44. The van der Waals surface area contributed by atoms with E-state index in [2.05, 4.69) is 46.8 Å². The van der Waals surface area contributed by atoms with Crippen LogP contribution < -0.4 is 10.6 Å². The van der Waals surface area contributed by atoms with Crippen LogP contribution in [0.2, 0.25) is 0 Å². The fraction of sp³-hybridized carbons (Fsp3) is 0.385. The summed E-state index contributed by atoms with van der Waals surface area (Å²) in [5, 5.41) is 13.9. The van der Waals surface area contributed by atoms with Crippen LogP contribution in [0.25, 0.3) is 0 Å². The van der Waals surface area contributed by atoms with Crippen LogP contribution >= 0.6 is 0 Å². The highest BCUT2D eigenvalue weighted by Crippen LogP contribution is 2.21. The summed E-state index contributed by atoms with van der Waals surface area (Å²) in [5.74, 6) is 1.06. The smallest absolute Gasteiger partial charge is 0.320 e. The van der Waals surface area contributed by atoms with Crippen molar-refractivity contribution in [3.05, 3.63) is 35.7 Å². The molecule has 0 amide bonds. The molecule has 18 heavy (non-hydrogen) atoms. The summed E-state index contributed by atoms with van der Waals surface area (Å²) in [5.41, 5.74) is 2.23. The lowest BCUT2D eigenvalue weighted by Crippen LogP contribution is -2.04. The first-order chi connectivity index (χ1) is 8.69. The molecule has 0 unspecified atom stereocenters. The number of aromatic nitrogens is 2. The molecule has 0 aliphatic carbocycles. The van der Waals surface area contributed by atoms with E-state index in [4.69, 9.17) is 4.42 Å². The van der Waals surface area contributed by atoms with Crippen LogP contribution in [0.3, 0.4) is 0 Å². The van der Waals surface area contributed by atoms with E-state index in [1.807, 2.05) is 19.2 Å². The summed E-state index contributed by atoms with van der Waals surface area (Å²) >= 11 is 0. The predicted octanol–water partition coefficient (Wildman–Crippen LogP) is 2.66. The van der Waals surface area contributed by atoms with Crippen molar-refractivity contribution in [1.82, 2.24) is 15.5 Å². The van der Waals surface area contributed by atoms with Crippen molar-refractivity contribution in [3.8, 4) is 0 Å². The summed E-state index contributed by atoms with van der Waals surface area (Å²) < 4.78 is 5.43. The van der Waals surface area contributed by atoms with Gasteiger partial charge in [0.15, 0.2) is 0 Å². The quantitative estimate of drug-likeness (QED) is 0.849. The summed E-state index contributed by atoms with van der Waals surface area (Å²) in [6.07, 6.45) is 0. The second-order valence-corrected chi connectivity index (χ2v) is 4.44. The molecular weight excluding hydrogens is 228 g/mol. The van der Waals surface area contributed by atoms with Gasteiger partial charge in [0.2, 0.25) is 5.89 Å². The zero-order chi connectivity index (χ0) is 13.0. The molecule has 1 heterocycles. The van der Waals surface area contributed by atoms with Gasteiger partial charge in [0.05, 0.1) is 6.54 Å². The van der Waals surface area contributed by atoms with Gasteiger partial charge in [-0.3, -0.25) is 0 Å². The van der Waals surface area contributed by atoms with E-state index in [9.17, 15) is 0 Å². The maximum Gasteiger partial charge on any atom is 0.320 e. The SMILES string of the molecule is CNCc1nnc(Nc2cccc(C(C)C)c2)o1. The van der Waals surface area contributed by atoms with Gasteiger partial charge >= 0.3 is 6.01 Å². The van der Waals surface area contributed by atoms with Crippen molar-refractivity contribution in [2.24, 2.45) is 0 Å². The zero-order valence-electron chi connectivity index (χ0n) is 10.9. The molecule has 0 bridgehead atoms. The lowest BCUT2D eigenvalue weighted by Gasteiger charge is -2.07. The van der Waals surface area contributed by atoms with Gasteiger partial charge in [0.1, 0.15) is 0 Å². The van der Waals surface area contributed by atoms with Gasteiger partial charge in [-0.15, -0.1) is 5.10 Å². The van der Waals surface area contributed by atoms with E-state index in [0.717, 1.165) is 5.69 Å². The number of hydrogen-bond acceptors (Lipinski definition) is 5. The van der Waals surface area contributed by atoms with E-state index in [1.165, 1.54) is 5.56 Å². The van der Waals surface area contributed by atoms with Crippen molar-refractivity contribution in [3.63, 3.8) is 0 Å². The van der Waals surface area contributed by atoms with E-state index in [1.54, 1.807) is 0 Å². The Morgan fingerprint density at radius 1 is 1.28 bits per heavy atom. The minimum absolute atomic E-state index is 0.418. The molecular formula is C13H18N4O. The number of anilines is 2. The lowest BCUT2D eigenvalue weighted by atomic mass is 10.0. The monoisotopic (exact) mass is 246 g/mol. The molecule has 2 rings (SSSR count). The molecule has 5 heteroatoms. The minimum Gasteiger partial charge on any atom is -0.406 e. The summed E-state index contributed by atoms with van der Waals surface area (Å²) in [6, 6.07) is 8.61. The molecule has 0 saturated heterocycles. The Labute approximate surface area is 107 Å². The van der Waals surface area contributed by atoms with E-state index in [0.29, 0.717) is 24.4 Å². The average molecular weight is 246 g/mol. The number of benzene rings is 1. The number of hydrogen-bond donors (Lipinski definition) is 2. The highest BCUT2D eigenvalue weighted by Gasteiger charge is 2.06. The van der Waals surface area contributed by atoms with E-state index < -0.39 is 0 Å². The molecule has 1 aromatic carbocycles. The van der Waals surface area contributed by atoms with Crippen LogP contribution in [0.4, 0.5) is 11.7 Å². The van der Waals surface area contributed by atoms with E-state index >= 15 is 0 Å². The molecule has 0 atom stereocenters. The molecule has 96 valence electrons. The Morgan fingerprint density at radius 3 is 2.83 bits per heavy atom. The number of nitrogens with zero attached hydrogens (tertiary/aromatic N) is 2. The normalized spacial score (nSPS) is 10.9. The molecule has 2 aromatic rings. The standard InChI is InChI=1S/C13H18N4O/c1-9(2)10-5-4-6-11(7-10)15-13-17-16-12(18-13)8-14-3/h4-7,9,14H,8H2,1-3H3,(H,15,17). The van der Waals surface area contributed by atoms with Crippen LogP contribution in [-0.4, -0.2) is 17.2 Å². The predicted molar refractivity (Wildman–Crippen MR) is 70.9 cm³/mol. The Hall–Kier alpha value is -1.88. The van der Waals surface area contributed by atoms with Crippen LogP contribution in [0.15, 0.2) is 28.7 Å². The number of nitrogens with one attached hydrogen (secondary N) is 2. The van der Waals surface area contributed by atoms with Crippen LogP contribution in [0.1, 0.15) is 31.2 Å². The Morgan fingerprint density at radius 2 is 2.11 bits per heavy atom. The fourth-order valence-corrected chi connectivity index (χ4v) is 1.63. The molecule has 0 aliphatic heterocycles. The van der Waals surface area contributed by atoms with Crippen LogP contribution in [0.5, 0.6) is 0 Å². The zero-order valence-corrected chi connectivity index (χ0v) is 10.9. The first kappa shape index (κ1) is 12.6. The molecule has 5 nitrogen and oxygen atoms in total. The molecule has 2 N–H and O–H groups in total. The molecule has 0 aliphatic rings. The van der Waals surface area contributed by atoms with Gasteiger partial charge in [0, 0.05) is 5.69 Å². The Bertz CT molecular complexity index is 507. The van der Waals surface area contributed by atoms with Crippen molar-refractivity contribution in [2.75, 3.05) is 12.4 Å². The fourth-order valence-electron chi connectivity index (χ4n) is 1.63. The van der Waals surface area contributed by atoms with E-state index in [-0.39, 0.29) is 0 Å². The van der Waals surface area contributed by atoms with Gasteiger partial charge in [-0.1, -0.05) is 31.1 Å². The Balaban J connectivity index is 2.10. The highest BCUT2D eigenvalue weighted by atomic mass is 16.4. The molecule has 0 fully saturated rings. The van der Waals surface area contributed by atoms with Gasteiger partial charge in [-0.2, -0.15) is 0 Å². The van der Waals surface area contributed by atoms with Gasteiger partial charge in [-0.25, -0.2) is 0 Å². The van der Waals surface area contributed by atoms with Gasteiger partial charge < -0.3 is 15.1 Å². The largest absolute Gasteiger partial charge is 0.406 e. The maximum absolute atomic E-state index is 5.43. The third kappa shape index (κ3) is 3.07. The van der Waals surface area contributed by atoms with Crippen molar-refractivity contribution >= 4 is 11.7 Å². The lowest BCUT2D eigenvalue weighted by molar-refractivity contribution is 0.493. The van der Waals surface area contributed by atoms with Crippen molar-refractivity contribution < 1.29 is 4.42 Å². The molecule has 0 spiro atoms. The third-order valence-corrected chi connectivity index (χ3v) is 2.60. The first-order valence-electron chi connectivity index (χ1n) is 6.03. The highest BCUT2D eigenvalue weighted by molar-refractivity contribution is 5.53. The van der Waals surface area contributed by atoms with Crippen LogP contribution in [0, 0.1) is 0 Å². The summed E-state index contributed by atoms with van der Waals surface area (Å²) in [4.78, 5) is 0. The minimum atomic E-state index is 0.418. The first-order valence-corrected chi connectivity index (χ1v) is 6.03. The van der Waals surface area contributed by atoms with Crippen molar-refractivity contribution in [1.29, 1.82) is 0 Å². The average Bonchev–Trinajstić information content (AvgIpc) is 2.77. The van der Waals surface area contributed by atoms with Crippen LogP contribution in [-0.2, 0) is 6.54 Å². The molecule has 0 saturated carbocycles. The van der Waals surface area contributed by atoms with Gasteiger partial charge in [-0.05, 0) is 30.7 Å². The topological polar surface area (TPSA) is 63.0 Å². The molecule has 0 radical (unpaired) electrons. The van der Waals surface area contributed by atoms with Gasteiger partial charge in [0.25, 0.3) is 0 Å². The third-order valence-electron chi connectivity index (χ3n) is 2.60. The number of rotatable bonds is 5. The Kier molecular flexibility index (Phi) is 3.94.